The molecule has 1 aliphatic heterocycles. The van der Waals surface area contributed by atoms with Gasteiger partial charge in [0.2, 0.25) is 0 Å². The molecule has 1 aliphatic rings. The summed E-state index contributed by atoms with van der Waals surface area (Å²) in [5.74, 6) is -0.965. The van der Waals surface area contributed by atoms with Crippen LogP contribution in [0.5, 0.6) is 0 Å². The zero-order valence-corrected chi connectivity index (χ0v) is 14.6. The van der Waals surface area contributed by atoms with Gasteiger partial charge in [0.1, 0.15) is 0 Å². The molecule has 0 saturated heterocycles. The molecule has 1 aromatic carbocycles. The molecule has 24 heavy (non-hydrogen) atoms. The molecule has 0 saturated carbocycles. The fourth-order valence-corrected chi connectivity index (χ4v) is 4.38. The Hall–Kier alpha value is -2.19. The van der Waals surface area contributed by atoms with Crippen molar-refractivity contribution in [2.75, 3.05) is 6.54 Å². The lowest BCUT2D eigenvalue weighted by molar-refractivity contribution is 0.0944. The highest BCUT2D eigenvalue weighted by atomic mass is 32.2. The van der Waals surface area contributed by atoms with Crippen LogP contribution in [0.2, 0.25) is 0 Å². The second-order valence-electron chi connectivity index (χ2n) is 5.38. The summed E-state index contributed by atoms with van der Waals surface area (Å²) in [6, 6.07) is 7.75. The Morgan fingerprint density at radius 2 is 2.08 bits per heavy atom. The Labute approximate surface area is 143 Å². The molecular formula is C16H16N2O4S2. The molecule has 0 unspecified atom stereocenters. The van der Waals surface area contributed by atoms with Crippen LogP contribution in [0.1, 0.15) is 37.4 Å². The van der Waals surface area contributed by atoms with Crippen molar-refractivity contribution in [2.45, 2.75) is 24.7 Å². The number of hydrogen-bond acceptors (Lipinski definition) is 5. The number of benzene rings is 1. The van der Waals surface area contributed by atoms with Gasteiger partial charge >= 0.3 is 0 Å². The average Bonchev–Trinajstić information content (AvgIpc) is 3.04. The van der Waals surface area contributed by atoms with E-state index in [9.17, 15) is 18.0 Å². The van der Waals surface area contributed by atoms with Crippen LogP contribution < -0.4 is 10.0 Å². The van der Waals surface area contributed by atoms with Crippen LogP contribution in [0.4, 0.5) is 0 Å². The molecule has 0 radical (unpaired) electrons. The fraction of sp³-hybridized carbons (Fsp3) is 0.250. The van der Waals surface area contributed by atoms with E-state index in [0.29, 0.717) is 23.4 Å². The standard InChI is InChI=1S/C16H16N2O4S2/c1-2-11-4-6-14(23-11)16(20)18-24(21,22)12-5-3-10-7-8-17-15(19)13(10)9-12/h3-6,9H,2,7-8H2,1H3,(H,17,19)(H,18,20). The Morgan fingerprint density at radius 3 is 2.79 bits per heavy atom. The first kappa shape index (κ1) is 16.7. The third kappa shape index (κ3) is 3.20. The van der Waals surface area contributed by atoms with Gasteiger partial charge in [0, 0.05) is 17.0 Å². The number of hydrogen-bond donors (Lipinski definition) is 2. The van der Waals surface area contributed by atoms with E-state index in [0.717, 1.165) is 16.9 Å². The third-order valence-electron chi connectivity index (χ3n) is 3.78. The van der Waals surface area contributed by atoms with Crippen molar-refractivity contribution in [3.63, 3.8) is 0 Å². The van der Waals surface area contributed by atoms with Crippen LogP contribution in [-0.4, -0.2) is 26.8 Å². The van der Waals surface area contributed by atoms with E-state index in [4.69, 9.17) is 0 Å². The summed E-state index contributed by atoms with van der Waals surface area (Å²) >= 11 is 1.26. The molecule has 0 atom stereocenters. The third-order valence-corrected chi connectivity index (χ3v) is 6.33. The van der Waals surface area contributed by atoms with Crippen molar-refractivity contribution in [1.82, 2.24) is 10.0 Å². The Morgan fingerprint density at radius 1 is 1.29 bits per heavy atom. The van der Waals surface area contributed by atoms with Crippen molar-refractivity contribution in [3.05, 3.63) is 51.2 Å². The Bertz CT molecular complexity index is 916. The maximum absolute atomic E-state index is 12.4. The monoisotopic (exact) mass is 364 g/mol. The SMILES string of the molecule is CCc1ccc(C(=O)NS(=O)(=O)c2ccc3c(c2)C(=O)NCC3)s1. The predicted octanol–water partition coefficient (Wildman–Crippen LogP) is 1.72. The average molecular weight is 364 g/mol. The Kier molecular flexibility index (Phi) is 4.42. The van der Waals surface area contributed by atoms with Gasteiger partial charge in [0.15, 0.2) is 0 Å². The van der Waals surface area contributed by atoms with Gasteiger partial charge in [-0.15, -0.1) is 11.3 Å². The lowest BCUT2D eigenvalue weighted by Gasteiger charge is -2.17. The normalized spacial score (nSPS) is 14.0. The molecule has 1 aromatic heterocycles. The van der Waals surface area contributed by atoms with E-state index in [2.05, 4.69) is 10.0 Å². The minimum Gasteiger partial charge on any atom is -0.352 e. The molecule has 126 valence electrons. The zero-order valence-electron chi connectivity index (χ0n) is 13.0. The molecule has 2 N–H and O–H groups in total. The summed E-state index contributed by atoms with van der Waals surface area (Å²) in [5.41, 5.74) is 1.14. The van der Waals surface area contributed by atoms with Crippen molar-refractivity contribution < 1.29 is 18.0 Å². The molecule has 0 spiro atoms. The molecular weight excluding hydrogens is 348 g/mol. The highest BCUT2D eigenvalue weighted by Gasteiger charge is 2.24. The summed E-state index contributed by atoms with van der Waals surface area (Å²) in [4.78, 5) is 25.3. The van der Waals surface area contributed by atoms with Crippen molar-refractivity contribution in [3.8, 4) is 0 Å². The number of nitrogens with one attached hydrogen (secondary N) is 2. The number of thiophene rings is 1. The number of rotatable bonds is 4. The smallest absolute Gasteiger partial charge is 0.275 e. The minimum absolute atomic E-state index is 0.0982. The fourth-order valence-electron chi connectivity index (χ4n) is 2.48. The number of carbonyl (C=O) groups excluding carboxylic acids is 2. The van der Waals surface area contributed by atoms with Gasteiger partial charge < -0.3 is 5.32 Å². The summed E-state index contributed by atoms with van der Waals surface area (Å²) in [6.07, 6.45) is 1.44. The number of carbonyl (C=O) groups is 2. The van der Waals surface area contributed by atoms with Crippen molar-refractivity contribution >= 4 is 33.2 Å². The summed E-state index contributed by atoms with van der Waals surface area (Å²) in [5, 5.41) is 2.67. The van der Waals surface area contributed by atoms with Crippen LogP contribution >= 0.6 is 11.3 Å². The van der Waals surface area contributed by atoms with Gasteiger partial charge in [-0.05, 0) is 42.7 Å². The quantitative estimate of drug-likeness (QED) is 0.864. The topological polar surface area (TPSA) is 92.3 Å². The zero-order chi connectivity index (χ0) is 17.3. The van der Waals surface area contributed by atoms with Crippen LogP contribution in [-0.2, 0) is 22.9 Å². The van der Waals surface area contributed by atoms with Gasteiger partial charge in [0.05, 0.1) is 9.77 Å². The largest absolute Gasteiger partial charge is 0.352 e. The number of sulfonamides is 1. The van der Waals surface area contributed by atoms with Crippen LogP contribution in [0.15, 0.2) is 35.2 Å². The van der Waals surface area contributed by atoms with Crippen LogP contribution in [0, 0.1) is 0 Å². The predicted molar refractivity (Wildman–Crippen MR) is 90.8 cm³/mol. The maximum atomic E-state index is 12.4. The summed E-state index contributed by atoms with van der Waals surface area (Å²) in [7, 11) is -4.03. The molecule has 0 fully saturated rings. The van der Waals surface area contributed by atoms with Gasteiger partial charge in [0.25, 0.3) is 21.8 Å². The number of amides is 2. The minimum atomic E-state index is -4.03. The second-order valence-corrected chi connectivity index (χ2v) is 8.23. The Balaban J connectivity index is 1.86. The summed E-state index contributed by atoms with van der Waals surface area (Å²) < 4.78 is 26.9. The van der Waals surface area contributed by atoms with Crippen molar-refractivity contribution in [1.29, 1.82) is 0 Å². The first-order valence-corrected chi connectivity index (χ1v) is 9.77. The lowest BCUT2D eigenvalue weighted by Crippen LogP contribution is -2.33. The number of aryl methyl sites for hydroxylation is 1. The molecule has 2 heterocycles. The lowest BCUT2D eigenvalue weighted by atomic mass is 10.0. The molecule has 0 bridgehead atoms. The first-order valence-electron chi connectivity index (χ1n) is 7.47. The molecule has 6 nitrogen and oxygen atoms in total. The van der Waals surface area contributed by atoms with Gasteiger partial charge in [-0.25, -0.2) is 13.1 Å². The molecule has 3 rings (SSSR count). The van der Waals surface area contributed by atoms with E-state index in [1.54, 1.807) is 18.2 Å². The highest BCUT2D eigenvalue weighted by molar-refractivity contribution is 7.90. The maximum Gasteiger partial charge on any atom is 0.275 e. The summed E-state index contributed by atoms with van der Waals surface area (Å²) in [6.45, 7) is 2.50. The van der Waals surface area contributed by atoms with Gasteiger partial charge in [-0.1, -0.05) is 13.0 Å². The second kappa shape index (κ2) is 6.37. The molecule has 8 heteroatoms. The van der Waals surface area contributed by atoms with Gasteiger partial charge in [-0.3, -0.25) is 9.59 Å². The first-order chi connectivity index (χ1) is 11.4. The van der Waals surface area contributed by atoms with E-state index >= 15 is 0 Å². The van der Waals surface area contributed by atoms with E-state index < -0.39 is 15.9 Å². The van der Waals surface area contributed by atoms with E-state index in [1.807, 2.05) is 6.92 Å². The van der Waals surface area contributed by atoms with Crippen LogP contribution in [0.3, 0.4) is 0 Å². The van der Waals surface area contributed by atoms with E-state index in [-0.39, 0.29) is 10.8 Å². The molecule has 0 aliphatic carbocycles. The number of fused-ring (bicyclic) bond motifs is 1. The van der Waals surface area contributed by atoms with Crippen molar-refractivity contribution in [2.24, 2.45) is 0 Å². The highest BCUT2D eigenvalue weighted by Crippen LogP contribution is 2.21. The molecule has 2 aromatic rings. The van der Waals surface area contributed by atoms with Gasteiger partial charge in [-0.2, -0.15) is 0 Å². The molecule has 2 amide bonds. The van der Waals surface area contributed by atoms with E-state index in [1.165, 1.54) is 23.5 Å². The van der Waals surface area contributed by atoms with Crippen LogP contribution in [0.25, 0.3) is 0 Å².